The molecule has 2 saturated heterocycles. The number of halogens is 1. The smallest absolute Gasteiger partial charge is 0.305 e. The standard InChI is InChI=1S/C29H31ClN2O5/c1-35-26(33)13-8-19-4-2-3-5-20(19)16-22-24-11-12-25(37-24)27(22)29-32-23(17-36-29)28(34)31-15-14-18-6-9-21(30)10-7-18/h2-7,9-10,17,22,24-25,27H,8,11-16H2,1H3,(H,31,34)/t22-,24-,25+,27-/m0/s1. The molecule has 3 aromatic rings. The number of benzene rings is 2. The highest BCUT2D eigenvalue weighted by atomic mass is 35.5. The van der Waals surface area contributed by atoms with Gasteiger partial charge in [0.05, 0.1) is 25.2 Å². The molecule has 2 aromatic carbocycles. The number of esters is 1. The highest BCUT2D eigenvalue weighted by Crippen LogP contribution is 2.50. The molecule has 2 aliphatic rings. The van der Waals surface area contributed by atoms with Crippen molar-refractivity contribution in [2.75, 3.05) is 13.7 Å². The predicted molar refractivity (Wildman–Crippen MR) is 139 cm³/mol. The lowest BCUT2D eigenvalue weighted by atomic mass is 9.75. The van der Waals surface area contributed by atoms with Gasteiger partial charge in [-0.15, -0.1) is 0 Å². The summed E-state index contributed by atoms with van der Waals surface area (Å²) in [6, 6.07) is 15.8. The van der Waals surface area contributed by atoms with Gasteiger partial charge in [-0.25, -0.2) is 4.98 Å². The SMILES string of the molecule is COC(=O)CCc1ccccc1C[C@@H]1[C@H](c2nc(C(=O)NCCc3ccc(Cl)cc3)co2)[C@H]2CC[C@@H]1O2. The van der Waals surface area contributed by atoms with Crippen LogP contribution in [-0.2, 0) is 33.5 Å². The molecule has 0 radical (unpaired) electrons. The van der Waals surface area contributed by atoms with Crippen molar-refractivity contribution in [3.63, 3.8) is 0 Å². The highest BCUT2D eigenvalue weighted by molar-refractivity contribution is 6.30. The predicted octanol–water partition coefficient (Wildman–Crippen LogP) is 4.91. The van der Waals surface area contributed by atoms with Gasteiger partial charge in [0.25, 0.3) is 5.91 Å². The minimum absolute atomic E-state index is 0.0111. The summed E-state index contributed by atoms with van der Waals surface area (Å²) >= 11 is 5.94. The number of methoxy groups -OCH3 is 1. The third-order valence-corrected chi connectivity index (χ3v) is 7.73. The lowest BCUT2D eigenvalue weighted by molar-refractivity contribution is -0.140. The zero-order valence-electron chi connectivity index (χ0n) is 20.8. The van der Waals surface area contributed by atoms with Gasteiger partial charge in [-0.1, -0.05) is 48.0 Å². The number of aryl methyl sites for hydroxylation is 1. The Hall–Kier alpha value is -3.16. The molecular formula is C29H31ClN2O5. The van der Waals surface area contributed by atoms with Crippen molar-refractivity contribution in [3.05, 3.63) is 88.1 Å². The van der Waals surface area contributed by atoms with Crippen molar-refractivity contribution in [2.24, 2.45) is 5.92 Å². The van der Waals surface area contributed by atoms with Gasteiger partial charge in [-0.2, -0.15) is 0 Å². The molecule has 2 bridgehead atoms. The maximum Gasteiger partial charge on any atom is 0.305 e. The summed E-state index contributed by atoms with van der Waals surface area (Å²) in [6.45, 7) is 0.491. The average Bonchev–Trinajstić information content (AvgIpc) is 3.66. The van der Waals surface area contributed by atoms with Crippen LogP contribution in [0, 0.1) is 5.92 Å². The number of amides is 1. The van der Waals surface area contributed by atoms with Gasteiger partial charge in [-0.3, -0.25) is 9.59 Å². The van der Waals surface area contributed by atoms with E-state index in [1.807, 2.05) is 36.4 Å². The fraction of sp³-hybridized carbons (Fsp3) is 0.414. The molecular weight excluding hydrogens is 492 g/mol. The Bertz CT molecular complexity index is 1240. The summed E-state index contributed by atoms with van der Waals surface area (Å²) in [5.41, 5.74) is 3.72. The van der Waals surface area contributed by atoms with Crippen LogP contribution in [0.1, 0.15) is 58.2 Å². The largest absolute Gasteiger partial charge is 0.469 e. The molecule has 1 amide bonds. The number of aromatic nitrogens is 1. The first-order valence-electron chi connectivity index (χ1n) is 12.8. The number of carbonyl (C=O) groups excluding carboxylic acids is 2. The van der Waals surface area contributed by atoms with Crippen LogP contribution in [0.5, 0.6) is 0 Å². The molecule has 37 heavy (non-hydrogen) atoms. The highest BCUT2D eigenvalue weighted by Gasteiger charge is 2.51. The Labute approximate surface area is 221 Å². The number of hydrogen-bond donors (Lipinski definition) is 1. The normalized spacial score (nSPS) is 22.2. The molecule has 0 unspecified atom stereocenters. The van der Waals surface area contributed by atoms with E-state index >= 15 is 0 Å². The van der Waals surface area contributed by atoms with E-state index in [1.54, 1.807) is 0 Å². The van der Waals surface area contributed by atoms with Crippen LogP contribution in [-0.4, -0.2) is 42.7 Å². The van der Waals surface area contributed by atoms with E-state index in [-0.39, 0.29) is 41.6 Å². The quantitative estimate of drug-likeness (QED) is 0.380. The van der Waals surface area contributed by atoms with Crippen LogP contribution in [0.2, 0.25) is 5.02 Å². The molecule has 7 nitrogen and oxygen atoms in total. The zero-order chi connectivity index (χ0) is 25.8. The monoisotopic (exact) mass is 522 g/mol. The third kappa shape index (κ3) is 5.89. The second kappa shape index (κ2) is 11.5. The van der Waals surface area contributed by atoms with Crippen LogP contribution in [0.4, 0.5) is 0 Å². The van der Waals surface area contributed by atoms with Crippen molar-refractivity contribution in [1.82, 2.24) is 10.3 Å². The van der Waals surface area contributed by atoms with Crippen molar-refractivity contribution < 1.29 is 23.5 Å². The molecule has 2 fully saturated rings. The van der Waals surface area contributed by atoms with Gasteiger partial charge in [0.2, 0.25) is 5.89 Å². The number of nitrogens with zero attached hydrogens (tertiary/aromatic N) is 1. The van der Waals surface area contributed by atoms with Gasteiger partial charge >= 0.3 is 5.97 Å². The van der Waals surface area contributed by atoms with E-state index in [0.29, 0.717) is 36.7 Å². The molecule has 0 saturated carbocycles. The molecule has 1 aromatic heterocycles. The van der Waals surface area contributed by atoms with Crippen molar-refractivity contribution >= 4 is 23.5 Å². The summed E-state index contributed by atoms with van der Waals surface area (Å²) in [7, 11) is 1.41. The van der Waals surface area contributed by atoms with Gasteiger partial charge < -0.3 is 19.2 Å². The molecule has 4 atom stereocenters. The zero-order valence-corrected chi connectivity index (χ0v) is 21.6. The number of fused-ring (bicyclic) bond motifs is 2. The summed E-state index contributed by atoms with van der Waals surface area (Å²) in [6.07, 6.45) is 6.06. The van der Waals surface area contributed by atoms with Gasteiger partial charge in [-0.05, 0) is 60.9 Å². The molecule has 3 heterocycles. The van der Waals surface area contributed by atoms with Crippen molar-refractivity contribution in [2.45, 2.75) is 56.7 Å². The summed E-state index contributed by atoms with van der Waals surface area (Å²) in [5, 5.41) is 3.61. The number of oxazole rings is 1. The van der Waals surface area contributed by atoms with E-state index < -0.39 is 0 Å². The third-order valence-electron chi connectivity index (χ3n) is 7.48. The van der Waals surface area contributed by atoms with Gasteiger partial charge in [0.1, 0.15) is 6.26 Å². The minimum Gasteiger partial charge on any atom is -0.469 e. The first-order chi connectivity index (χ1) is 18.0. The lowest BCUT2D eigenvalue weighted by Crippen LogP contribution is -2.28. The lowest BCUT2D eigenvalue weighted by Gasteiger charge is -2.26. The van der Waals surface area contributed by atoms with E-state index in [4.69, 9.17) is 25.5 Å². The summed E-state index contributed by atoms with van der Waals surface area (Å²) in [5.74, 6) is 0.278. The van der Waals surface area contributed by atoms with E-state index in [0.717, 1.165) is 30.4 Å². The molecule has 0 aliphatic carbocycles. The molecule has 8 heteroatoms. The van der Waals surface area contributed by atoms with Crippen LogP contribution < -0.4 is 5.32 Å². The second-order valence-electron chi connectivity index (χ2n) is 9.73. The number of nitrogens with one attached hydrogen (secondary N) is 1. The number of hydrogen-bond acceptors (Lipinski definition) is 6. The number of rotatable bonds is 10. The van der Waals surface area contributed by atoms with E-state index in [2.05, 4.69) is 22.4 Å². The van der Waals surface area contributed by atoms with E-state index in [1.165, 1.54) is 18.9 Å². The molecule has 0 spiro atoms. The molecule has 2 aliphatic heterocycles. The Morgan fingerprint density at radius 3 is 2.59 bits per heavy atom. The van der Waals surface area contributed by atoms with Crippen LogP contribution in [0.15, 0.2) is 59.2 Å². The molecule has 194 valence electrons. The second-order valence-corrected chi connectivity index (χ2v) is 10.2. The molecule has 5 rings (SSSR count). The minimum atomic E-state index is -0.252. The Morgan fingerprint density at radius 2 is 1.81 bits per heavy atom. The summed E-state index contributed by atoms with van der Waals surface area (Å²) in [4.78, 5) is 29.0. The van der Waals surface area contributed by atoms with E-state index in [9.17, 15) is 9.59 Å². The first-order valence-corrected chi connectivity index (χ1v) is 13.2. The maximum atomic E-state index is 12.7. The van der Waals surface area contributed by atoms with Crippen LogP contribution in [0.3, 0.4) is 0 Å². The fourth-order valence-electron chi connectivity index (χ4n) is 5.58. The van der Waals surface area contributed by atoms with Crippen molar-refractivity contribution in [3.8, 4) is 0 Å². The number of carbonyl (C=O) groups is 2. The summed E-state index contributed by atoms with van der Waals surface area (Å²) < 4.78 is 17.0. The van der Waals surface area contributed by atoms with Crippen LogP contribution in [0.25, 0.3) is 0 Å². The first kappa shape index (κ1) is 25.5. The maximum absolute atomic E-state index is 12.7. The van der Waals surface area contributed by atoms with Crippen LogP contribution >= 0.6 is 11.6 Å². The number of ether oxygens (including phenoxy) is 2. The topological polar surface area (TPSA) is 90.7 Å². The van der Waals surface area contributed by atoms with Crippen molar-refractivity contribution in [1.29, 1.82) is 0 Å². The fourth-order valence-corrected chi connectivity index (χ4v) is 5.70. The average molecular weight is 523 g/mol. The Balaban J connectivity index is 1.25. The molecule has 1 N–H and O–H groups in total. The Morgan fingerprint density at radius 1 is 1.05 bits per heavy atom. The van der Waals surface area contributed by atoms with Gasteiger partial charge in [0, 0.05) is 23.9 Å². The Kier molecular flexibility index (Phi) is 7.91. The van der Waals surface area contributed by atoms with Gasteiger partial charge in [0.15, 0.2) is 5.69 Å².